The molecule has 0 N–H and O–H groups in total. The molecule has 0 saturated heterocycles. The zero-order chi connectivity index (χ0) is 6.24. The molecule has 6 radical (unpaired) electrons. The number of rotatable bonds is 0. The summed E-state index contributed by atoms with van der Waals surface area (Å²) in [5.74, 6) is 0. The first-order valence-corrected chi connectivity index (χ1v) is 4.12. The largest absolute Gasteiger partial charge is 0.169 e. The van der Waals surface area contributed by atoms with Crippen molar-refractivity contribution in [3.05, 3.63) is 32.1 Å². The van der Waals surface area contributed by atoms with Gasteiger partial charge >= 0.3 is 0 Å². The van der Waals surface area contributed by atoms with Crippen LogP contribution in [0.5, 0.6) is 0 Å². The number of thioether (sulfide) groups is 1. The third kappa shape index (κ3) is 12.1. The minimum atomic E-state index is 0. The SMILES string of the molecule is CSC.[CH]1[CH][CH][CH][CH]1.[Cu]. The van der Waals surface area contributed by atoms with E-state index in [1.54, 1.807) is 11.8 Å². The summed E-state index contributed by atoms with van der Waals surface area (Å²) in [6.07, 6.45) is 14.1. The van der Waals surface area contributed by atoms with Gasteiger partial charge in [0.15, 0.2) is 0 Å². The molecule has 1 aliphatic carbocycles. The Morgan fingerprint density at radius 1 is 0.778 bits per heavy atom. The van der Waals surface area contributed by atoms with Gasteiger partial charge in [0.05, 0.1) is 0 Å². The van der Waals surface area contributed by atoms with E-state index in [1.165, 1.54) is 0 Å². The summed E-state index contributed by atoms with van der Waals surface area (Å²) >= 11 is 1.75. The molecule has 0 spiro atoms. The monoisotopic (exact) mass is 190 g/mol. The van der Waals surface area contributed by atoms with Crippen LogP contribution in [0.3, 0.4) is 0 Å². The van der Waals surface area contributed by atoms with Crippen LogP contribution in [-0.2, 0) is 17.1 Å². The number of hydrogen-bond donors (Lipinski definition) is 0. The quantitative estimate of drug-likeness (QED) is 0.527. The van der Waals surface area contributed by atoms with Crippen molar-refractivity contribution < 1.29 is 17.1 Å². The maximum atomic E-state index is 2.04. The Bertz CT molecular complexity index is 28.3. The Kier molecular flexibility index (Phi) is 16.2. The molecule has 0 nitrogen and oxygen atoms in total. The predicted octanol–water partition coefficient (Wildman–Crippen LogP) is 2.00. The van der Waals surface area contributed by atoms with Gasteiger partial charge < -0.3 is 0 Å². The molecule has 0 atom stereocenters. The Morgan fingerprint density at radius 2 is 0.889 bits per heavy atom. The van der Waals surface area contributed by atoms with Gasteiger partial charge in [0.2, 0.25) is 0 Å². The van der Waals surface area contributed by atoms with Crippen LogP contribution in [0.15, 0.2) is 0 Å². The minimum Gasteiger partial charge on any atom is -0.169 e. The summed E-state index contributed by atoms with van der Waals surface area (Å²) in [5.41, 5.74) is 0. The maximum Gasteiger partial charge on any atom is 0 e. The summed E-state index contributed by atoms with van der Waals surface area (Å²) < 4.78 is 0. The molecule has 9 heavy (non-hydrogen) atoms. The van der Waals surface area contributed by atoms with E-state index in [0.29, 0.717) is 0 Å². The zero-order valence-electron chi connectivity index (χ0n) is 5.60. The molecule has 0 heterocycles. The predicted molar refractivity (Wildman–Crippen MR) is 40.9 cm³/mol. The number of hydrogen-bond acceptors (Lipinski definition) is 1. The van der Waals surface area contributed by atoms with Crippen LogP contribution in [0, 0.1) is 32.1 Å². The van der Waals surface area contributed by atoms with Gasteiger partial charge in [0, 0.05) is 17.1 Å². The average Bonchev–Trinajstić information content (AvgIpc) is 2.17. The minimum absolute atomic E-state index is 0. The van der Waals surface area contributed by atoms with Crippen molar-refractivity contribution in [3.63, 3.8) is 0 Å². The van der Waals surface area contributed by atoms with Gasteiger partial charge in [-0.15, -0.1) is 0 Å². The van der Waals surface area contributed by atoms with Crippen molar-refractivity contribution in [1.82, 2.24) is 0 Å². The first-order valence-electron chi connectivity index (χ1n) is 2.48. The maximum absolute atomic E-state index is 2.04. The van der Waals surface area contributed by atoms with Crippen LogP contribution in [0.2, 0.25) is 0 Å². The van der Waals surface area contributed by atoms with Gasteiger partial charge in [0.25, 0.3) is 0 Å². The van der Waals surface area contributed by atoms with Gasteiger partial charge in [0.1, 0.15) is 0 Å². The normalized spacial score (nSPS) is 15.3. The van der Waals surface area contributed by atoms with E-state index in [4.69, 9.17) is 0 Å². The molecule has 2 heteroatoms. The Morgan fingerprint density at radius 3 is 1.00 bits per heavy atom. The second-order valence-electron chi connectivity index (χ2n) is 1.37. The van der Waals surface area contributed by atoms with Crippen LogP contribution in [0.25, 0.3) is 0 Å². The van der Waals surface area contributed by atoms with Crippen molar-refractivity contribution in [2.24, 2.45) is 0 Å². The first kappa shape index (κ1) is 12.5. The molecule has 1 fully saturated rings. The van der Waals surface area contributed by atoms with Crippen LogP contribution >= 0.6 is 11.8 Å². The fourth-order valence-corrected chi connectivity index (χ4v) is 0.321. The van der Waals surface area contributed by atoms with Gasteiger partial charge in [-0.05, 0) is 44.6 Å². The van der Waals surface area contributed by atoms with E-state index in [-0.39, 0.29) is 17.1 Å². The standard InChI is InChI=1S/C5H5.C2H6S.Cu/c1-2-4-5-3-1;1-3-2;/h1-5H;1-2H3;. The molecule has 1 saturated carbocycles. The average molecular weight is 191 g/mol. The van der Waals surface area contributed by atoms with E-state index in [1.807, 2.05) is 44.6 Å². The molecular formula is C7H11CuS. The second-order valence-corrected chi connectivity index (χ2v) is 2.19. The van der Waals surface area contributed by atoms with Gasteiger partial charge in [-0.1, -0.05) is 0 Å². The van der Waals surface area contributed by atoms with Crippen molar-refractivity contribution in [1.29, 1.82) is 0 Å². The Balaban J connectivity index is 0. The second kappa shape index (κ2) is 11.6. The summed E-state index contributed by atoms with van der Waals surface area (Å²) in [5, 5.41) is 0. The van der Waals surface area contributed by atoms with Crippen LogP contribution in [0.1, 0.15) is 0 Å². The topological polar surface area (TPSA) is 0 Å². The molecule has 1 rings (SSSR count). The van der Waals surface area contributed by atoms with E-state index in [9.17, 15) is 0 Å². The molecule has 0 aromatic rings. The molecule has 0 unspecified atom stereocenters. The van der Waals surface area contributed by atoms with Crippen molar-refractivity contribution in [2.75, 3.05) is 12.5 Å². The molecule has 0 aromatic heterocycles. The smallest absolute Gasteiger partial charge is 0 e. The molecule has 0 amide bonds. The summed E-state index contributed by atoms with van der Waals surface area (Å²) in [6.45, 7) is 0. The van der Waals surface area contributed by atoms with Crippen molar-refractivity contribution in [2.45, 2.75) is 0 Å². The Labute approximate surface area is 73.6 Å². The summed E-state index contributed by atoms with van der Waals surface area (Å²) in [7, 11) is 0. The molecule has 0 aromatic carbocycles. The van der Waals surface area contributed by atoms with Gasteiger partial charge in [-0.3, -0.25) is 0 Å². The third-order valence-corrected chi connectivity index (χ3v) is 0.556. The van der Waals surface area contributed by atoms with Gasteiger partial charge in [-0.25, -0.2) is 0 Å². The molecule has 0 bridgehead atoms. The van der Waals surface area contributed by atoms with Crippen LogP contribution < -0.4 is 0 Å². The molecule has 0 aliphatic heterocycles. The first-order chi connectivity index (χ1) is 3.91. The zero-order valence-corrected chi connectivity index (χ0v) is 7.35. The summed E-state index contributed by atoms with van der Waals surface area (Å²) in [6, 6.07) is 0. The van der Waals surface area contributed by atoms with Crippen LogP contribution in [-0.4, -0.2) is 12.5 Å². The van der Waals surface area contributed by atoms with E-state index < -0.39 is 0 Å². The van der Waals surface area contributed by atoms with E-state index in [2.05, 4.69) is 0 Å². The fourth-order valence-electron chi connectivity index (χ4n) is 0.321. The summed E-state index contributed by atoms with van der Waals surface area (Å²) in [4.78, 5) is 0. The third-order valence-electron chi connectivity index (χ3n) is 0.556. The van der Waals surface area contributed by atoms with Crippen LogP contribution in [0.4, 0.5) is 0 Å². The molecular weight excluding hydrogens is 180 g/mol. The molecule has 56 valence electrons. The Hall–Kier alpha value is 0.869. The van der Waals surface area contributed by atoms with Crippen molar-refractivity contribution >= 4 is 11.8 Å². The fraction of sp³-hybridized carbons (Fsp3) is 0.286. The van der Waals surface area contributed by atoms with Crippen molar-refractivity contribution in [3.8, 4) is 0 Å². The van der Waals surface area contributed by atoms with Gasteiger partial charge in [-0.2, -0.15) is 11.8 Å². The van der Waals surface area contributed by atoms with E-state index >= 15 is 0 Å². The van der Waals surface area contributed by atoms with E-state index in [0.717, 1.165) is 0 Å². The molecule has 1 aliphatic rings.